The van der Waals surface area contributed by atoms with Crippen molar-refractivity contribution in [3.8, 4) is 22.6 Å². The molecule has 0 fully saturated rings. The molecule has 0 aliphatic rings. The van der Waals surface area contributed by atoms with E-state index in [1.54, 1.807) is 32.4 Å². The lowest BCUT2D eigenvalue weighted by Crippen LogP contribution is -1.99. The summed E-state index contributed by atoms with van der Waals surface area (Å²) in [6, 6.07) is 8.76. The third-order valence-electron chi connectivity index (χ3n) is 2.99. The van der Waals surface area contributed by atoms with Crippen LogP contribution >= 0.6 is 31.9 Å². The van der Waals surface area contributed by atoms with Gasteiger partial charge in [-0.2, -0.15) is 0 Å². The maximum atomic E-state index is 11.2. The lowest BCUT2D eigenvalue weighted by atomic mass is 10.0. The van der Waals surface area contributed by atoms with Gasteiger partial charge in [0, 0.05) is 10.0 Å². The minimum absolute atomic E-state index is 0.196. The highest BCUT2D eigenvalue weighted by Gasteiger charge is 2.16. The maximum Gasteiger partial charge on any atom is 0.336 e. The van der Waals surface area contributed by atoms with Gasteiger partial charge in [0.05, 0.1) is 19.8 Å². The van der Waals surface area contributed by atoms with Crippen LogP contribution in [0.3, 0.4) is 0 Å². The van der Waals surface area contributed by atoms with Gasteiger partial charge < -0.3 is 14.6 Å². The highest BCUT2D eigenvalue weighted by molar-refractivity contribution is 9.11. The van der Waals surface area contributed by atoms with E-state index in [0.717, 1.165) is 11.1 Å². The third kappa shape index (κ3) is 3.06. The summed E-state index contributed by atoms with van der Waals surface area (Å²) in [7, 11) is 3.13. The summed E-state index contributed by atoms with van der Waals surface area (Å²) in [5, 5.41) is 9.21. The number of carboxylic acid groups (broad SMARTS) is 1. The van der Waals surface area contributed by atoms with Gasteiger partial charge in [-0.1, -0.05) is 6.07 Å². The van der Waals surface area contributed by atoms with E-state index in [4.69, 9.17) is 9.47 Å². The van der Waals surface area contributed by atoms with Gasteiger partial charge in [0.25, 0.3) is 0 Å². The summed E-state index contributed by atoms with van der Waals surface area (Å²) >= 11 is 6.67. The molecule has 2 aromatic carbocycles. The Bertz CT molecular complexity index is 698. The summed E-state index contributed by atoms with van der Waals surface area (Å²) in [5.74, 6) is 0.245. The summed E-state index contributed by atoms with van der Waals surface area (Å²) in [6.07, 6.45) is 0. The average Bonchev–Trinajstić information content (AvgIpc) is 2.47. The molecule has 0 aromatic heterocycles. The van der Waals surface area contributed by atoms with E-state index in [1.807, 2.05) is 12.1 Å². The van der Waals surface area contributed by atoms with Crippen LogP contribution in [0.15, 0.2) is 39.3 Å². The number of carboxylic acids is 1. The van der Waals surface area contributed by atoms with Gasteiger partial charge >= 0.3 is 5.97 Å². The van der Waals surface area contributed by atoms with E-state index in [-0.39, 0.29) is 5.56 Å². The normalized spacial score (nSPS) is 10.3. The van der Waals surface area contributed by atoms with E-state index in [1.165, 1.54) is 0 Å². The van der Waals surface area contributed by atoms with E-state index in [0.29, 0.717) is 20.4 Å². The van der Waals surface area contributed by atoms with Crippen LogP contribution in [0.2, 0.25) is 0 Å². The van der Waals surface area contributed by atoms with Crippen LogP contribution in [-0.4, -0.2) is 25.3 Å². The summed E-state index contributed by atoms with van der Waals surface area (Å²) in [6.45, 7) is 0. The fourth-order valence-electron chi connectivity index (χ4n) is 1.98. The number of halogens is 2. The first kappa shape index (κ1) is 15.9. The van der Waals surface area contributed by atoms with Crippen molar-refractivity contribution in [1.82, 2.24) is 0 Å². The number of carbonyl (C=O) groups is 1. The van der Waals surface area contributed by atoms with Crippen molar-refractivity contribution in [3.63, 3.8) is 0 Å². The Kier molecular flexibility index (Phi) is 4.90. The monoisotopic (exact) mass is 414 g/mol. The smallest absolute Gasteiger partial charge is 0.336 e. The van der Waals surface area contributed by atoms with E-state index >= 15 is 0 Å². The summed E-state index contributed by atoms with van der Waals surface area (Å²) in [5.41, 5.74) is 1.72. The second kappa shape index (κ2) is 6.49. The fourth-order valence-corrected chi connectivity index (χ4v) is 3.06. The molecule has 0 aliphatic heterocycles. The molecule has 0 aliphatic carbocycles. The second-order valence-corrected chi connectivity index (χ2v) is 5.81. The molecule has 0 spiro atoms. The third-order valence-corrected chi connectivity index (χ3v) is 4.44. The Labute approximate surface area is 139 Å². The number of aromatic carboxylic acids is 1. The molecule has 110 valence electrons. The van der Waals surface area contributed by atoms with Crippen LogP contribution in [0.1, 0.15) is 10.4 Å². The first-order valence-corrected chi connectivity index (χ1v) is 7.52. The minimum Gasteiger partial charge on any atom is -0.495 e. The first-order valence-electron chi connectivity index (χ1n) is 5.93. The molecule has 2 aromatic rings. The molecule has 0 heterocycles. The molecule has 0 atom stereocenters. The molecule has 0 amide bonds. The predicted octanol–water partition coefficient (Wildman–Crippen LogP) is 4.59. The Morgan fingerprint density at radius 3 is 2.38 bits per heavy atom. The van der Waals surface area contributed by atoms with Crippen molar-refractivity contribution < 1.29 is 19.4 Å². The number of benzene rings is 2. The molecule has 0 saturated carbocycles. The molecule has 4 nitrogen and oxygen atoms in total. The molecule has 1 N–H and O–H groups in total. The van der Waals surface area contributed by atoms with Gasteiger partial charge in [-0.25, -0.2) is 4.79 Å². The molecule has 2 rings (SSSR count). The number of hydrogen-bond donors (Lipinski definition) is 1. The molecule has 0 radical (unpaired) electrons. The van der Waals surface area contributed by atoms with Gasteiger partial charge in [-0.05, 0) is 61.7 Å². The van der Waals surface area contributed by atoms with Crippen LogP contribution < -0.4 is 9.47 Å². The van der Waals surface area contributed by atoms with E-state index < -0.39 is 5.97 Å². The lowest BCUT2D eigenvalue weighted by Gasteiger charge is -2.14. The molecular weight excluding hydrogens is 404 g/mol. The van der Waals surface area contributed by atoms with Crippen LogP contribution in [0.5, 0.6) is 11.5 Å². The van der Waals surface area contributed by atoms with Crippen molar-refractivity contribution in [1.29, 1.82) is 0 Å². The summed E-state index contributed by atoms with van der Waals surface area (Å²) in [4.78, 5) is 11.2. The molecule has 21 heavy (non-hydrogen) atoms. The number of rotatable bonds is 4. The number of ether oxygens (including phenoxy) is 2. The molecule has 0 saturated heterocycles. The zero-order chi connectivity index (χ0) is 15.6. The zero-order valence-corrected chi connectivity index (χ0v) is 14.5. The Morgan fingerprint density at radius 2 is 1.81 bits per heavy atom. The second-order valence-electron chi connectivity index (χ2n) is 4.16. The van der Waals surface area contributed by atoms with Crippen molar-refractivity contribution in [2.75, 3.05) is 14.2 Å². The standard InChI is InChI=1S/C15H12Br2O4/c1-20-12-6-4-9(14(21-2)13(12)17)8-3-5-11(16)10(7-8)15(18)19/h3-7H,1-2H3,(H,18,19). The maximum absolute atomic E-state index is 11.2. The van der Waals surface area contributed by atoms with Crippen molar-refractivity contribution in [2.45, 2.75) is 0 Å². The Balaban J connectivity index is 2.64. The van der Waals surface area contributed by atoms with E-state index in [9.17, 15) is 9.90 Å². The van der Waals surface area contributed by atoms with Gasteiger partial charge in [0.1, 0.15) is 16.0 Å². The van der Waals surface area contributed by atoms with Gasteiger partial charge in [0.15, 0.2) is 0 Å². The Morgan fingerprint density at radius 1 is 1.10 bits per heavy atom. The van der Waals surface area contributed by atoms with Gasteiger partial charge in [-0.15, -0.1) is 0 Å². The number of methoxy groups -OCH3 is 2. The van der Waals surface area contributed by atoms with Crippen LogP contribution in [0.25, 0.3) is 11.1 Å². The molecule has 6 heteroatoms. The topological polar surface area (TPSA) is 55.8 Å². The molecule has 0 bridgehead atoms. The lowest BCUT2D eigenvalue weighted by molar-refractivity contribution is 0.0696. The van der Waals surface area contributed by atoms with Crippen molar-refractivity contribution in [3.05, 3.63) is 44.8 Å². The summed E-state index contributed by atoms with van der Waals surface area (Å²) < 4.78 is 11.9. The Hall–Kier alpha value is -1.53. The van der Waals surface area contributed by atoms with Crippen LogP contribution in [0.4, 0.5) is 0 Å². The highest BCUT2D eigenvalue weighted by Crippen LogP contribution is 2.42. The van der Waals surface area contributed by atoms with Crippen molar-refractivity contribution in [2.24, 2.45) is 0 Å². The predicted molar refractivity (Wildman–Crippen MR) is 87.3 cm³/mol. The highest BCUT2D eigenvalue weighted by atomic mass is 79.9. The van der Waals surface area contributed by atoms with Gasteiger partial charge in [-0.3, -0.25) is 0 Å². The zero-order valence-electron chi connectivity index (χ0n) is 11.3. The van der Waals surface area contributed by atoms with Gasteiger partial charge in [0.2, 0.25) is 0 Å². The van der Waals surface area contributed by atoms with Crippen LogP contribution in [-0.2, 0) is 0 Å². The van der Waals surface area contributed by atoms with Crippen LogP contribution in [0, 0.1) is 0 Å². The fraction of sp³-hybridized carbons (Fsp3) is 0.133. The average molecular weight is 416 g/mol. The molecular formula is C15H12Br2O4. The SMILES string of the molecule is COc1ccc(-c2ccc(Br)c(C(=O)O)c2)c(OC)c1Br. The minimum atomic E-state index is -0.990. The molecule has 0 unspecified atom stereocenters. The number of hydrogen-bond acceptors (Lipinski definition) is 3. The quantitative estimate of drug-likeness (QED) is 0.793. The van der Waals surface area contributed by atoms with Crippen molar-refractivity contribution >= 4 is 37.8 Å². The largest absolute Gasteiger partial charge is 0.495 e. The first-order chi connectivity index (χ1) is 9.99. The van der Waals surface area contributed by atoms with E-state index in [2.05, 4.69) is 31.9 Å².